The number of piperidine rings is 1. The largest absolute Gasteiger partial charge is 0.458 e. The Hall–Kier alpha value is -1.35. The number of nitrogens with zero attached hydrogens (tertiary/aromatic N) is 3. The van der Waals surface area contributed by atoms with Crippen LogP contribution in [0.1, 0.15) is 26.2 Å². The number of amides is 2. The minimum atomic E-state index is -0.479. The van der Waals surface area contributed by atoms with Gasteiger partial charge in [0.05, 0.1) is 11.0 Å². The second-order valence-electron chi connectivity index (χ2n) is 5.88. The van der Waals surface area contributed by atoms with Gasteiger partial charge in [0.25, 0.3) is 0 Å². The highest BCUT2D eigenvalue weighted by atomic mass is 79.9. The van der Waals surface area contributed by atoms with E-state index in [-0.39, 0.29) is 17.9 Å². The van der Waals surface area contributed by atoms with Gasteiger partial charge in [0.2, 0.25) is 11.8 Å². The fraction of sp³-hybridized carbons (Fsp3) is 0.625. The molecule has 0 spiro atoms. The lowest BCUT2D eigenvalue weighted by atomic mass is 10.1. The Morgan fingerprint density at radius 3 is 2.84 bits per heavy atom. The number of ether oxygens (including phenoxy) is 1. The third kappa shape index (κ3) is 6.47. The zero-order valence-electron chi connectivity index (χ0n) is 14.4. The molecule has 7 nitrogen and oxygen atoms in total. The summed E-state index contributed by atoms with van der Waals surface area (Å²) in [6.45, 7) is 2.59. The molecule has 1 aliphatic heterocycles. The van der Waals surface area contributed by atoms with Gasteiger partial charge in [0.1, 0.15) is 12.1 Å². The number of carbonyl (C=O) groups excluding carboxylic acids is 2. The first kappa shape index (κ1) is 20.0. The Balaban J connectivity index is 1.96. The van der Waals surface area contributed by atoms with Crippen molar-refractivity contribution in [1.29, 1.82) is 0 Å². The normalized spacial score (nSPS) is 18.5. The summed E-state index contributed by atoms with van der Waals surface area (Å²) >= 11 is 4.94. The summed E-state index contributed by atoms with van der Waals surface area (Å²) in [6.07, 6.45) is 7.42. The predicted molar refractivity (Wildman–Crippen MR) is 101 cm³/mol. The molecule has 1 fully saturated rings. The van der Waals surface area contributed by atoms with Crippen molar-refractivity contribution in [2.45, 2.75) is 38.3 Å². The van der Waals surface area contributed by atoms with Crippen LogP contribution in [0.5, 0.6) is 6.01 Å². The first-order valence-corrected chi connectivity index (χ1v) is 10.4. The van der Waals surface area contributed by atoms with Crippen LogP contribution in [0.15, 0.2) is 16.9 Å². The van der Waals surface area contributed by atoms with Crippen LogP contribution in [0.3, 0.4) is 0 Å². The molecule has 9 heteroatoms. The van der Waals surface area contributed by atoms with E-state index in [4.69, 9.17) is 4.74 Å². The molecule has 0 saturated carbocycles. The van der Waals surface area contributed by atoms with E-state index in [1.54, 1.807) is 29.1 Å². The predicted octanol–water partition coefficient (Wildman–Crippen LogP) is 1.87. The summed E-state index contributed by atoms with van der Waals surface area (Å²) in [6, 6.07) is -0.170. The number of rotatable bonds is 7. The molecule has 1 aromatic rings. The number of likely N-dealkylation sites (tertiary alicyclic amines) is 1. The SMILES string of the molecule is CSCCC(NC(C)=O)C(=O)N1CCCC(Oc2ncc(Br)cn2)C1. The Morgan fingerprint density at radius 2 is 2.20 bits per heavy atom. The highest BCUT2D eigenvalue weighted by Crippen LogP contribution is 2.18. The summed E-state index contributed by atoms with van der Waals surface area (Å²) < 4.78 is 6.59. The van der Waals surface area contributed by atoms with Crippen LogP contribution in [-0.2, 0) is 9.59 Å². The molecule has 2 amide bonds. The Kier molecular flexibility index (Phi) is 7.95. The highest BCUT2D eigenvalue weighted by Gasteiger charge is 2.30. The molecule has 2 unspecified atom stereocenters. The number of nitrogens with one attached hydrogen (secondary N) is 1. The first-order chi connectivity index (χ1) is 12.0. The fourth-order valence-electron chi connectivity index (χ4n) is 2.70. The van der Waals surface area contributed by atoms with E-state index in [1.807, 2.05) is 6.26 Å². The summed E-state index contributed by atoms with van der Waals surface area (Å²) in [5, 5.41) is 2.77. The van der Waals surface area contributed by atoms with Gasteiger partial charge in [0.15, 0.2) is 0 Å². The molecular formula is C16H23BrN4O3S. The topological polar surface area (TPSA) is 84.4 Å². The summed E-state index contributed by atoms with van der Waals surface area (Å²) in [7, 11) is 0. The molecule has 2 heterocycles. The van der Waals surface area contributed by atoms with Gasteiger partial charge in [-0.2, -0.15) is 11.8 Å². The monoisotopic (exact) mass is 430 g/mol. The van der Waals surface area contributed by atoms with E-state index >= 15 is 0 Å². The molecule has 25 heavy (non-hydrogen) atoms. The Morgan fingerprint density at radius 1 is 1.48 bits per heavy atom. The van der Waals surface area contributed by atoms with Crippen molar-refractivity contribution < 1.29 is 14.3 Å². The molecule has 0 radical (unpaired) electrons. The molecule has 1 N–H and O–H groups in total. The van der Waals surface area contributed by atoms with Gasteiger partial charge < -0.3 is 15.0 Å². The van der Waals surface area contributed by atoms with Gasteiger partial charge in [-0.15, -0.1) is 0 Å². The van der Waals surface area contributed by atoms with E-state index in [1.165, 1.54) is 6.92 Å². The molecule has 1 aromatic heterocycles. The third-order valence-corrected chi connectivity index (χ3v) is 4.90. The molecular weight excluding hydrogens is 408 g/mol. The fourth-order valence-corrected chi connectivity index (χ4v) is 3.38. The van der Waals surface area contributed by atoms with Gasteiger partial charge in [-0.3, -0.25) is 9.59 Å². The summed E-state index contributed by atoms with van der Waals surface area (Å²) in [4.78, 5) is 34.2. The van der Waals surface area contributed by atoms with Gasteiger partial charge >= 0.3 is 6.01 Å². The van der Waals surface area contributed by atoms with E-state index in [0.29, 0.717) is 25.5 Å². The van der Waals surface area contributed by atoms with Gasteiger partial charge in [0, 0.05) is 25.9 Å². The van der Waals surface area contributed by atoms with Crippen LogP contribution in [0.25, 0.3) is 0 Å². The van der Waals surface area contributed by atoms with Crippen LogP contribution in [0.4, 0.5) is 0 Å². The van der Waals surface area contributed by atoms with Crippen LogP contribution in [0, 0.1) is 0 Å². The number of carbonyl (C=O) groups is 2. The quantitative estimate of drug-likeness (QED) is 0.710. The maximum Gasteiger partial charge on any atom is 0.316 e. The van der Waals surface area contributed by atoms with Crippen molar-refractivity contribution in [1.82, 2.24) is 20.2 Å². The summed E-state index contributed by atoms with van der Waals surface area (Å²) in [5.74, 6) is 0.582. The van der Waals surface area contributed by atoms with Gasteiger partial charge in [-0.05, 0) is 47.2 Å². The standard InChI is InChI=1S/C16H23BrN4O3S/c1-11(22)20-14(5-7-25-2)15(23)21-6-3-4-13(10-21)24-16-18-8-12(17)9-19-16/h8-9,13-14H,3-7,10H2,1-2H3,(H,20,22). The van der Waals surface area contributed by atoms with Crippen LogP contribution in [-0.4, -0.2) is 63.9 Å². The zero-order chi connectivity index (χ0) is 18.2. The maximum atomic E-state index is 12.8. The Bertz CT molecular complexity index is 587. The zero-order valence-corrected chi connectivity index (χ0v) is 16.8. The van der Waals surface area contributed by atoms with E-state index in [2.05, 4.69) is 31.2 Å². The second-order valence-corrected chi connectivity index (χ2v) is 7.79. The number of thioether (sulfide) groups is 1. The molecule has 1 aliphatic rings. The molecule has 0 bridgehead atoms. The van der Waals surface area contributed by atoms with Gasteiger partial charge in [-0.1, -0.05) is 0 Å². The third-order valence-electron chi connectivity index (χ3n) is 3.84. The molecule has 2 atom stereocenters. The lowest BCUT2D eigenvalue weighted by Gasteiger charge is -2.34. The number of aromatic nitrogens is 2. The minimum Gasteiger partial charge on any atom is -0.458 e. The average molecular weight is 431 g/mol. The smallest absolute Gasteiger partial charge is 0.316 e. The molecule has 1 saturated heterocycles. The van der Waals surface area contributed by atoms with Crippen molar-refractivity contribution >= 4 is 39.5 Å². The lowest BCUT2D eigenvalue weighted by molar-refractivity contribution is -0.138. The van der Waals surface area contributed by atoms with Crippen LogP contribution < -0.4 is 10.1 Å². The van der Waals surface area contributed by atoms with Crippen molar-refractivity contribution in [2.24, 2.45) is 0 Å². The highest BCUT2D eigenvalue weighted by molar-refractivity contribution is 9.10. The molecule has 0 aliphatic carbocycles. The van der Waals surface area contributed by atoms with Crippen molar-refractivity contribution in [3.05, 3.63) is 16.9 Å². The van der Waals surface area contributed by atoms with E-state index in [0.717, 1.165) is 23.1 Å². The lowest BCUT2D eigenvalue weighted by Crippen LogP contribution is -2.53. The molecule has 0 aromatic carbocycles. The first-order valence-electron chi connectivity index (χ1n) is 8.18. The van der Waals surface area contributed by atoms with Crippen LogP contribution in [0.2, 0.25) is 0 Å². The van der Waals surface area contributed by atoms with Crippen molar-refractivity contribution in [3.63, 3.8) is 0 Å². The van der Waals surface area contributed by atoms with Crippen molar-refractivity contribution in [2.75, 3.05) is 25.1 Å². The van der Waals surface area contributed by atoms with E-state index in [9.17, 15) is 9.59 Å². The van der Waals surface area contributed by atoms with Crippen molar-refractivity contribution in [3.8, 4) is 6.01 Å². The van der Waals surface area contributed by atoms with E-state index < -0.39 is 6.04 Å². The minimum absolute atomic E-state index is 0.0470. The summed E-state index contributed by atoms with van der Waals surface area (Å²) in [5.41, 5.74) is 0. The van der Waals surface area contributed by atoms with Gasteiger partial charge in [-0.25, -0.2) is 9.97 Å². The second kappa shape index (κ2) is 9.96. The maximum absolute atomic E-state index is 12.8. The average Bonchev–Trinajstić information content (AvgIpc) is 2.60. The number of hydrogen-bond acceptors (Lipinski definition) is 6. The number of halogens is 1. The number of hydrogen-bond donors (Lipinski definition) is 1. The molecule has 2 rings (SSSR count). The Labute approximate surface area is 160 Å². The van der Waals surface area contributed by atoms with Crippen LogP contribution >= 0.6 is 27.7 Å². The molecule has 138 valence electrons.